The first-order valence-corrected chi connectivity index (χ1v) is 7.87. The summed E-state index contributed by atoms with van der Waals surface area (Å²) < 4.78 is 5.44. The fraction of sp³-hybridized carbons (Fsp3) is 0.211. The third-order valence-electron chi connectivity index (χ3n) is 3.96. The van der Waals surface area contributed by atoms with Gasteiger partial charge in [0.25, 0.3) is 0 Å². The Morgan fingerprint density at radius 1 is 1.08 bits per heavy atom. The smallest absolute Gasteiger partial charge is 0.319 e. The Morgan fingerprint density at radius 3 is 2.58 bits per heavy atom. The minimum absolute atomic E-state index is 0.0117. The molecule has 1 unspecified atom stereocenters. The number of likely N-dealkylation sites (N-methyl/N-ethyl adjacent to an activating group) is 1. The van der Waals surface area contributed by atoms with Crippen LogP contribution in [0.2, 0.25) is 0 Å². The Balaban J connectivity index is 1.62. The maximum Gasteiger partial charge on any atom is 0.319 e. The first kappa shape index (κ1) is 16.1. The zero-order valence-electron chi connectivity index (χ0n) is 13.8. The van der Waals surface area contributed by atoms with Crippen molar-refractivity contribution in [1.29, 1.82) is 0 Å². The number of furan rings is 1. The molecule has 0 aliphatic heterocycles. The summed E-state index contributed by atoms with van der Waals surface area (Å²) >= 11 is 0. The lowest BCUT2D eigenvalue weighted by Gasteiger charge is -2.22. The van der Waals surface area contributed by atoms with Gasteiger partial charge in [0.15, 0.2) is 0 Å². The minimum Gasteiger partial charge on any atom is -0.468 e. The highest BCUT2D eigenvalue weighted by Gasteiger charge is 2.17. The van der Waals surface area contributed by atoms with Crippen LogP contribution in [-0.4, -0.2) is 31.6 Å². The molecule has 2 amide bonds. The summed E-state index contributed by atoms with van der Waals surface area (Å²) in [5.74, 6) is 0.825. The van der Waals surface area contributed by atoms with Gasteiger partial charge in [-0.3, -0.25) is 4.90 Å². The molecular weight excluding hydrogens is 302 g/mol. The van der Waals surface area contributed by atoms with Crippen LogP contribution in [-0.2, 0) is 0 Å². The van der Waals surface area contributed by atoms with E-state index >= 15 is 0 Å². The number of hydrogen-bond donors (Lipinski definition) is 2. The average Bonchev–Trinajstić information content (AvgIpc) is 3.09. The standard InChI is InChI=1S/C19H21N3O2/c1-22(2)17(18-8-5-11-24-18)13-20-19(23)21-16-10-9-14-6-3-4-7-15(14)12-16/h3-12,17H,13H2,1-2H3,(H2,20,21,23). The van der Waals surface area contributed by atoms with E-state index in [1.54, 1.807) is 6.26 Å². The van der Waals surface area contributed by atoms with E-state index in [1.807, 2.05) is 73.6 Å². The number of carbonyl (C=O) groups excluding carboxylic acids is 1. The van der Waals surface area contributed by atoms with Gasteiger partial charge in [-0.15, -0.1) is 0 Å². The molecule has 124 valence electrons. The van der Waals surface area contributed by atoms with Crippen molar-refractivity contribution in [2.24, 2.45) is 0 Å². The van der Waals surface area contributed by atoms with E-state index in [4.69, 9.17) is 4.42 Å². The number of nitrogens with one attached hydrogen (secondary N) is 2. The summed E-state index contributed by atoms with van der Waals surface area (Å²) in [5, 5.41) is 8.01. The van der Waals surface area contributed by atoms with Crippen molar-refractivity contribution in [2.75, 3.05) is 26.0 Å². The number of rotatable bonds is 5. The number of urea groups is 1. The maximum atomic E-state index is 12.2. The molecule has 0 radical (unpaired) electrons. The topological polar surface area (TPSA) is 57.5 Å². The van der Waals surface area contributed by atoms with Gasteiger partial charge in [-0.05, 0) is 49.1 Å². The Bertz CT molecular complexity index is 812. The summed E-state index contributed by atoms with van der Waals surface area (Å²) in [6.45, 7) is 0.458. The van der Waals surface area contributed by atoms with E-state index in [2.05, 4.69) is 10.6 Å². The van der Waals surface area contributed by atoms with E-state index in [1.165, 1.54) is 0 Å². The van der Waals surface area contributed by atoms with Crippen molar-refractivity contribution in [1.82, 2.24) is 10.2 Å². The maximum absolute atomic E-state index is 12.2. The first-order chi connectivity index (χ1) is 11.6. The molecule has 5 nitrogen and oxygen atoms in total. The second-order valence-electron chi connectivity index (χ2n) is 5.89. The number of hydrogen-bond acceptors (Lipinski definition) is 3. The number of benzene rings is 2. The second kappa shape index (κ2) is 7.19. The second-order valence-corrected chi connectivity index (χ2v) is 5.89. The van der Waals surface area contributed by atoms with Gasteiger partial charge in [0.05, 0.1) is 12.3 Å². The average molecular weight is 323 g/mol. The van der Waals surface area contributed by atoms with Gasteiger partial charge in [0, 0.05) is 12.2 Å². The molecule has 0 saturated heterocycles. The highest BCUT2D eigenvalue weighted by molar-refractivity contribution is 5.93. The SMILES string of the molecule is CN(C)C(CNC(=O)Nc1ccc2ccccc2c1)c1ccco1. The Kier molecular flexibility index (Phi) is 4.82. The third-order valence-corrected chi connectivity index (χ3v) is 3.96. The summed E-state index contributed by atoms with van der Waals surface area (Å²) in [6.07, 6.45) is 1.64. The highest BCUT2D eigenvalue weighted by atomic mass is 16.3. The number of amides is 2. The first-order valence-electron chi connectivity index (χ1n) is 7.87. The Morgan fingerprint density at radius 2 is 1.88 bits per heavy atom. The molecule has 0 spiro atoms. The fourth-order valence-electron chi connectivity index (χ4n) is 2.65. The van der Waals surface area contributed by atoms with Gasteiger partial charge in [0.2, 0.25) is 0 Å². The predicted octanol–water partition coefficient (Wildman–Crippen LogP) is 3.86. The lowest BCUT2D eigenvalue weighted by Crippen LogP contribution is -2.36. The van der Waals surface area contributed by atoms with Crippen molar-refractivity contribution in [3.8, 4) is 0 Å². The van der Waals surface area contributed by atoms with Gasteiger partial charge in [-0.1, -0.05) is 30.3 Å². The molecule has 1 atom stereocenters. The molecule has 0 fully saturated rings. The van der Waals surface area contributed by atoms with Crippen LogP contribution in [0.3, 0.4) is 0 Å². The van der Waals surface area contributed by atoms with Crippen molar-refractivity contribution in [2.45, 2.75) is 6.04 Å². The quantitative estimate of drug-likeness (QED) is 0.749. The lowest BCUT2D eigenvalue weighted by molar-refractivity contribution is 0.233. The van der Waals surface area contributed by atoms with Crippen LogP contribution in [0.15, 0.2) is 65.3 Å². The van der Waals surface area contributed by atoms with Gasteiger partial charge < -0.3 is 15.1 Å². The largest absolute Gasteiger partial charge is 0.468 e. The Hall–Kier alpha value is -2.79. The zero-order valence-corrected chi connectivity index (χ0v) is 13.8. The van der Waals surface area contributed by atoms with Crippen LogP contribution in [0.25, 0.3) is 10.8 Å². The van der Waals surface area contributed by atoms with Crippen LogP contribution in [0, 0.1) is 0 Å². The molecule has 0 aliphatic rings. The summed E-state index contributed by atoms with van der Waals surface area (Å²) in [6, 6.07) is 17.4. The molecule has 24 heavy (non-hydrogen) atoms. The van der Waals surface area contributed by atoms with Crippen LogP contribution in [0.5, 0.6) is 0 Å². The summed E-state index contributed by atoms with van der Waals surface area (Å²) in [4.78, 5) is 14.2. The van der Waals surface area contributed by atoms with Crippen molar-refractivity contribution < 1.29 is 9.21 Å². The minimum atomic E-state index is -0.233. The number of anilines is 1. The molecule has 3 aromatic rings. The third kappa shape index (κ3) is 3.75. The number of carbonyl (C=O) groups is 1. The molecule has 1 heterocycles. The van der Waals surface area contributed by atoms with E-state index < -0.39 is 0 Å². The number of nitrogens with zero attached hydrogens (tertiary/aromatic N) is 1. The predicted molar refractivity (Wildman–Crippen MR) is 96.1 cm³/mol. The molecule has 2 aromatic carbocycles. The molecule has 0 bridgehead atoms. The zero-order chi connectivity index (χ0) is 16.9. The molecule has 0 saturated carbocycles. The van der Waals surface area contributed by atoms with E-state index in [9.17, 15) is 4.79 Å². The molecular formula is C19H21N3O2. The normalized spacial score (nSPS) is 12.3. The molecule has 0 aliphatic carbocycles. The molecule has 5 heteroatoms. The lowest BCUT2D eigenvalue weighted by atomic mass is 10.1. The monoisotopic (exact) mass is 323 g/mol. The molecule has 1 aromatic heterocycles. The Labute approximate surface area is 141 Å². The summed E-state index contributed by atoms with van der Waals surface area (Å²) in [5.41, 5.74) is 0.769. The van der Waals surface area contributed by atoms with Crippen LogP contribution < -0.4 is 10.6 Å². The van der Waals surface area contributed by atoms with E-state index in [-0.39, 0.29) is 12.1 Å². The van der Waals surface area contributed by atoms with Gasteiger partial charge >= 0.3 is 6.03 Å². The van der Waals surface area contributed by atoms with Crippen LogP contribution in [0.4, 0.5) is 10.5 Å². The van der Waals surface area contributed by atoms with Crippen molar-refractivity contribution >= 4 is 22.5 Å². The van der Waals surface area contributed by atoms with E-state index in [0.29, 0.717) is 6.54 Å². The van der Waals surface area contributed by atoms with Crippen LogP contribution >= 0.6 is 0 Å². The van der Waals surface area contributed by atoms with E-state index in [0.717, 1.165) is 22.2 Å². The molecule has 2 N–H and O–H groups in total. The van der Waals surface area contributed by atoms with Crippen molar-refractivity contribution in [3.05, 3.63) is 66.6 Å². The number of fused-ring (bicyclic) bond motifs is 1. The highest BCUT2D eigenvalue weighted by Crippen LogP contribution is 2.19. The van der Waals surface area contributed by atoms with Crippen LogP contribution in [0.1, 0.15) is 11.8 Å². The van der Waals surface area contributed by atoms with Crippen molar-refractivity contribution in [3.63, 3.8) is 0 Å². The van der Waals surface area contributed by atoms with Gasteiger partial charge in [-0.2, -0.15) is 0 Å². The fourth-order valence-corrected chi connectivity index (χ4v) is 2.65. The van der Waals surface area contributed by atoms with Gasteiger partial charge in [0.1, 0.15) is 5.76 Å². The molecule has 3 rings (SSSR count). The summed E-state index contributed by atoms with van der Waals surface area (Å²) in [7, 11) is 3.91. The van der Waals surface area contributed by atoms with Gasteiger partial charge in [-0.25, -0.2) is 4.79 Å².